The second-order valence-electron chi connectivity index (χ2n) is 5.27. The topological polar surface area (TPSA) is 28.2 Å². The first-order chi connectivity index (χ1) is 10.1. The smallest absolute Gasteiger partial charge is 0.170 e. The van der Waals surface area contributed by atoms with E-state index in [1.807, 2.05) is 30.5 Å². The molecule has 0 amide bonds. The van der Waals surface area contributed by atoms with E-state index in [-0.39, 0.29) is 12.1 Å². The van der Waals surface area contributed by atoms with Gasteiger partial charge in [0.25, 0.3) is 0 Å². The summed E-state index contributed by atoms with van der Waals surface area (Å²) in [6.45, 7) is 4.30. The molecule has 1 saturated heterocycles. The third-order valence-electron chi connectivity index (χ3n) is 3.58. The average molecular weight is 338 g/mol. The third-order valence-corrected chi connectivity index (χ3v) is 5.21. The molecule has 3 nitrogen and oxygen atoms in total. The largest absolute Gasteiger partial charge is 0.352 e. The van der Waals surface area contributed by atoms with E-state index >= 15 is 0 Å². The maximum absolute atomic E-state index is 6.13. The van der Waals surface area contributed by atoms with Crippen molar-refractivity contribution in [3.8, 4) is 0 Å². The van der Waals surface area contributed by atoms with Gasteiger partial charge in [-0.25, -0.2) is 0 Å². The highest BCUT2D eigenvalue weighted by atomic mass is 35.5. The molecule has 1 aliphatic rings. The minimum absolute atomic E-state index is 0.0517. The molecule has 21 heavy (non-hydrogen) atoms. The van der Waals surface area contributed by atoms with Crippen molar-refractivity contribution in [3.63, 3.8) is 0 Å². The monoisotopic (exact) mass is 337 g/mol. The van der Waals surface area contributed by atoms with E-state index in [9.17, 15) is 0 Å². The highest BCUT2D eigenvalue weighted by Gasteiger charge is 2.41. The summed E-state index contributed by atoms with van der Waals surface area (Å²) in [4.78, 5) is 7.93. The van der Waals surface area contributed by atoms with Gasteiger partial charge in [0, 0.05) is 17.1 Å². The molecule has 0 aromatic carbocycles. The number of hydrogen-bond donors (Lipinski definition) is 1. The summed E-state index contributed by atoms with van der Waals surface area (Å²) >= 11 is 13.3. The van der Waals surface area contributed by atoms with Crippen molar-refractivity contribution in [3.05, 3.63) is 51.4 Å². The minimum atomic E-state index is 0.0517. The Balaban J connectivity index is 2.05. The van der Waals surface area contributed by atoms with Crippen LogP contribution in [0.1, 0.15) is 36.5 Å². The van der Waals surface area contributed by atoms with Gasteiger partial charge in [-0.1, -0.05) is 17.7 Å². The number of thiophene rings is 1. The maximum atomic E-state index is 6.13. The number of nitrogens with one attached hydrogen (secondary N) is 1. The summed E-state index contributed by atoms with van der Waals surface area (Å²) in [7, 11) is 0. The summed E-state index contributed by atoms with van der Waals surface area (Å²) < 4.78 is 0.797. The van der Waals surface area contributed by atoms with E-state index in [0.29, 0.717) is 6.04 Å². The minimum Gasteiger partial charge on any atom is -0.352 e. The first-order valence-corrected chi connectivity index (χ1v) is 8.43. The van der Waals surface area contributed by atoms with Crippen LogP contribution in [-0.2, 0) is 0 Å². The van der Waals surface area contributed by atoms with Crippen molar-refractivity contribution in [1.82, 2.24) is 15.2 Å². The van der Waals surface area contributed by atoms with Crippen LogP contribution in [0.5, 0.6) is 0 Å². The Morgan fingerprint density at radius 3 is 2.71 bits per heavy atom. The number of hydrogen-bond acceptors (Lipinski definition) is 3. The Kier molecular flexibility index (Phi) is 4.15. The van der Waals surface area contributed by atoms with Gasteiger partial charge >= 0.3 is 0 Å². The van der Waals surface area contributed by atoms with E-state index in [4.69, 9.17) is 23.8 Å². The van der Waals surface area contributed by atoms with Crippen LogP contribution in [-0.4, -0.2) is 21.0 Å². The number of rotatable bonds is 3. The lowest BCUT2D eigenvalue weighted by molar-refractivity contribution is 0.273. The fourth-order valence-corrected chi connectivity index (χ4v) is 4.36. The zero-order valence-corrected chi connectivity index (χ0v) is 14.2. The molecule has 0 aliphatic carbocycles. The molecule has 0 saturated carbocycles. The van der Waals surface area contributed by atoms with Gasteiger partial charge in [0.05, 0.1) is 22.1 Å². The lowest BCUT2D eigenvalue weighted by atomic mass is 10.0. The van der Waals surface area contributed by atoms with Crippen LogP contribution in [0.15, 0.2) is 36.5 Å². The average Bonchev–Trinajstić information content (AvgIpc) is 3.03. The highest BCUT2D eigenvalue weighted by Crippen LogP contribution is 2.42. The Bertz CT molecular complexity index is 641. The van der Waals surface area contributed by atoms with Crippen LogP contribution in [0, 0.1) is 0 Å². The molecular weight excluding hydrogens is 322 g/mol. The van der Waals surface area contributed by atoms with Gasteiger partial charge in [-0.2, -0.15) is 0 Å². The van der Waals surface area contributed by atoms with Crippen molar-refractivity contribution < 1.29 is 0 Å². The lowest BCUT2D eigenvalue weighted by Gasteiger charge is -2.30. The molecule has 1 fully saturated rings. The van der Waals surface area contributed by atoms with Gasteiger partial charge < -0.3 is 10.2 Å². The summed E-state index contributed by atoms with van der Waals surface area (Å²) in [5.74, 6) is 0. The zero-order chi connectivity index (χ0) is 15.0. The van der Waals surface area contributed by atoms with Gasteiger partial charge in [-0.05, 0) is 50.3 Å². The van der Waals surface area contributed by atoms with Gasteiger partial charge in [0.15, 0.2) is 5.11 Å². The first-order valence-electron chi connectivity index (χ1n) is 6.83. The summed E-state index contributed by atoms with van der Waals surface area (Å²) in [6.07, 6.45) is 1.82. The van der Waals surface area contributed by atoms with Crippen molar-refractivity contribution in [2.24, 2.45) is 0 Å². The standard InChI is InChI=1S/C15H16ClN3S2/c1-9(2)19-14(11-6-7-12(16)21-11)13(18-15(19)20)10-5-3-4-8-17-10/h3-9,13-14H,1-2H3,(H,18,20)/t13-,14+/m1/s1. The molecule has 2 aromatic rings. The van der Waals surface area contributed by atoms with Gasteiger partial charge in [-0.15, -0.1) is 11.3 Å². The lowest BCUT2D eigenvalue weighted by Crippen LogP contribution is -2.35. The molecule has 1 N–H and O–H groups in total. The second-order valence-corrected chi connectivity index (χ2v) is 7.40. The van der Waals surface area contributed by atoms with Crippen LogP contribution < -0.4 is 5.32 Å². The number of nitrogens with zero attached hydrogens (tertiary/aromatic N) is 2. The van der Waals surface area contributed by atoms with Crippen LogP contribution in [0.4, 0.5) is 0 Å². The molecule has 1 aliphatic heterocycles. The normalized spacial score (nSPS) is 21.9. The quantitative estimate of drug-likeness (QED) is 0.850. The molecule has 0 bridgehead atoms. The molecule has 6 heteroatoms. The fourth-order valence-electron chi connectivity index (χ4n) is 2.71. The molecule has 0 unspecified atom stereocenters. The van der Waals surface area contributed by atoms with Crippen molar-refractivity contribution in [2.75, 3.05) is 0 Å². The fraction of sp³-hybridized carbons (Fsp3) is 0.333. The van der Waals surface area contributed by atoms with Gasteiger partial charge in [0.2, 0.25) is 0 Å². The number of thiocarbonyl (C=S) groups is 1. The highest BCUT2D eigenvalue weighted by molar-refractivity contribution is 7.80. The molecular formula is C15H16ClN3S2. The molecule has 110 valence electrons. The van der Waals surface area contributed by atoms with Gasteiger partial charge in [0.1, 0.15) is 0 Å². The van der Waals surface area contributed by atoms with Gasteiger partial charge in [-0.3, -0.25) is 4.98 Å². The molecule has 2 aromatic heterocycles. The van der Waals surface area contributed by atoms with Crippen molar-refractivity contribution >= 4 is 40.3 Å². The van der Waals surface area contributed by atoms with E-state index in [0.717, 1.165) is 15.1 Å². The third kappa shape index (κ3) is 2.78. The van der Waals surface area contributed by atoms with Crippen LogP contribution in [0.2, 0.25) is 4.34 Å². The Labute approximate surface area is 139 Å². The van der Waals surface area contributed by atoms with Crippen LogP contribution >= 0.6 is 35.2 Å². The molecule has 3 rings (SSSR count). The van der Waals surface area contributed by atoms with E-state index < -0.39 is 0 Å². The van der Waals surface area contributed by atoms with E-state index in [1.54, 1.807) is 11.3 Å². The summed E-state index contributed by atoms with van der Waals surface area (Å²) in [5, 5.41) is 4.19. The predicted octanol–water partition coefficient (Wildman–Crippen LogP) is 4.18. The molecule has 0 radical (unpaired) electrons. The predicted molar refractivity (Wildman–Crippen MR) is 91.8 cm³/mol. The molecule has 3 heterocycles. The number of aromatic nitrogens is 1. The SMILES string of the molecule is CC(C)N1C(=S)N[C@H](c2ccccn2)[C@@H]1c1ccc(Cl)s1. The maximum Gasteiger partial charge on any atom is 0.170 e. The van der Waals surface area contributed by atoms with Crippen LogP contribution in [0.25, 0.3) is 0 Å². The molecule has 2 atom stereocenters. The van der Waals surface area contributed by atoms with Crippen LogP contribution in [0.3, 0.4) is 0 Å². The summed E-state index contributed by atoms with van der Waals surface area (Å²) in [5.41, 5.74) is 0.998. The Morgan fingerprint density at radius 2 is 2.14 bits per heavy atom. The number of halogens is 1. The second kappa shape index (κ2) is 5.91. The van der Waals surface area contributed by atoms with E-state index in [1.165, 1.54) is 4.88 Å². The zero-order valence-electron chi connectivity index (χ0n) is 11.8. The molecule has 0 spiro atoms. The van der Waals surface area contributed by atoms with Crippen molar-refractivity contribution in [1.29, 1.82) is 0 Å². The van der Waals surface area contributed by atoms with Crippen molar-refractivity contribution in [2.45, 2.75) is 32.0 Å². The summed E-state index contributed by atoms with van der Waals surface area (Å²) in [6, 6.07) is 10.5. The Morgan fingerprint density at radius 1 is 1.33 bits per heavy atom. The first kappa shape index (κ1) is 14.8. The number of pyridine rings is 1. The Hall–Kier alpha value is -1.17. The van der Waals surface area contributed by atoms with E-state index in [2.05, 4.69) is 35.1 Å².